The van der Waals surface area contributed by atoms with E-state index in [1.54, 1.807) is 24.3 Å². The van der Waals surface area contributed by atoms with Crippen molar-refractivity contribution in [1.82, 2.24) is 9.80 Å². The summed E-state index contributed by atoms with van der Waals surface area (Å²) in [4.78, 5) is 40.5. The molecule has 2 aliphatic rings. The second kappa shape index (κ2) is 10.7. The molecule has 2 aromatic rings. The molecule has 0 radical (unpaired) electrons. The van der Waals surface area contributed by atoms with Crippen molar-refractivity contribution in [3.8, 4) is 5.75 Å². The van der Waals surface area contributed by atoms with E-state index in [1.165, 1.54) is 36.3 Å². The Balaban J connectivity index is 1.69. The Labute approximate surface area is 202 Å². The molecule has 2 fully saturated rings. The number of carbonyl (C=O) groups is 2. The van der Waals surface area contributed by atoms with Gasteiger partial charge < -0.3 is 19.5 Å². The molecule has 0 bridgehead atoms. The van der Waals surface area contributed by atoms with Crippen molar-refractivity contribution in [2.75, 3.05) is 46.5 Å². The molecule has 35 heavy (non-hydrogen) atoms. The van der Waals surface area contributed by atoms with Crippen molar-refractivity contribution in [3.63, 3.8) is 0 Å². The maximum Gasteiger partial charge on any atom is 0.295 e. The molecule has 10 nitrogen and oxygen atoms in total. The maximum absolute atomic E-state index is 13.1. The summed E-state index contributed by atoms with van der Waals surface area (Å²) in [6, 6.07) is 11.4. The number of rotatable bonds is 8. The summed E-state index contributed by atoms with van der Waals surface area (Å²) in [6.07, 6.45) is 0.621. The number of ketones is 1. The molecule has 0 spiro atoms. The standard InChI is InChI=1S/C25H27N3O7/c1-34-20-5-2-4-18(16-20)23(29)21-22(17-6-8-19(9-7-17)28(32)33)27(25(31)24(21)30)11-3-10-26-12-14-35-15-13-26/h2,4-9,16,22,29H,3,10-15H2,1H3/b23-21+/t22-/m0/s1. The maximum atomic E-state index is 13.1. The molecule has 4 rings (SSSR count). The van der Waals surface area contributed by atoms with Crippen LogP contribution in [0.15, 0.2) is 54.1 Å². The predicted molar refractivity (Wildman–Crippen MR) is 127 cm³/mol. The highest BCUT2D eigenvalue weighted by molar-refractivity contribution is 6.46. The number of nitro groups is 1. The molecular weight excluding hydrogens is 454 g/mol. The topological polar surface area (TPSA) is 122 Å². The first-order valence-electron chi connectivity index (χ1n) is 11.4. The summed E-state index contributed by atoms with van der Waals surface area (Å²) >= 11 is 0. The Bertz CT molecular complexity index is 1140. The highest BCUT2D eigenvalue weighted by Crippen LogP contribution is 2.40. The number of Topliss-reactive ketones (excluding diaryl/α,β-unsaturated/α-hetero) is 1. The molecule has 184 valence electrons. The zero-order chi connectivity index (χ0) is 24.9. The van der Waals surface area contributed by atoms with Gasteiger partial charge in [-0.05, 0) is 36.2 Å². The van der Waals surface area contributed by atoms with Crippen LogP contribution in [0.25, 0.3) is 5.76 Å². The van der Waals surface area contributed by atoms with E-state index in [4.69, 9.17) is 9.47 Å². The molecule has 1 atom stereocenters. The first-order valence-corrected chi connectivity index (χ1v) is 11.4. The van der Waals surface area contributed by atoms with Crippen LogP contribution in [0, 0.1) is 10.1 Å². The minimum atomic E-state index is -0.869. The van der Waals surface area contributed by atoms with Crippen LogP contribution in [-0.4, -0.2) is 78.0 Å². The summed E-state index contributed by atoms with van der Waals surface area (Å²) < 4.78 is 10.6. The van der Waals surface area contributed by atoms with Gasteiger partial charge in [0.05, 0.1) is 36.9 Å². The summed E-state index contributed by atoms with van der Waals surface area (Å²) in [5.74, 6) is -1.33. The third-order valence-corrected chi connectivity index (χ3v) is 6.28. The average molecular weight is 482 g/mol. The fourth-order valence-electron chi connectivity index (χ4n) is 4.45. The largest absolute Gasteiger partial charge is 0.507 e. The lowest BCUT2D eigenvalue weighted by Gasteiger charge is -2.29. The zero-order valence-corrected chi connectivity index (χ0v) is 19.4. The normalized spacial score (nSPS) is 20.3. The molecule has 0 aliphatic carbocycles. The van der Waals surface area contributed by atoms with Crippen LogP contribution in [-0.2, 0) is 14.3 Å². The minimum absolute atomic E-state index is 0.0523. The third kappa shape index (κ3) is 5.18. The first kappa shape index (κ1) is 24.4. The SMILES string of the molecule is COc1cccc(/C(O)=C2\C(=O)C(=O)N(CCCN3CCOCC3)[C@H]2c2ccc([N+](=O)[O-])cc2)c1. The van der Waals surface area contributed by atoms with Gasteiger partial charge in [0.2, 0.25) is 0 Å². The summed E-state index contributed by atoms with van der Waals surface area (Å²) in [5, 5.41) is 22.3. The summed E-state index contributed by atoms with van der Waals surface area (Å²) in [6.45, 7) is 3.95. The number of methoxy groups -OCH3 is 1. The Kier molecular flexibility index (Phi) is 7.42. The van der Waals surface area contributed by atoms with Crippen molar-refractivity contribution >= 4 is 23.1 Å². The van der Waals surface area contributed by atoms with E-state index in [0.717, 1.165) is 19.6 Å². The Morgan fingerprint density at radius 3 is 2.51 bits per heavy atom. The molecule has 2 saturated heterocycles. The van der Waals surface area contributed by atoms with Gasteiger partial charge in [-0.3, -0.25) is 24.6 Å². The lowest BCUT2D eigenvalue weighted by molar-refractivity contribution is -0.384. The quantitative estimate of drug-likeness (QED) is 0.201. The van der Waals surface area contributed by atoms with Crippen LogP contribution in [0.1, 0.15) is 23.6 Å². The van der Waals surface area contributed by atoms with E-state index in [-0.39, 0.29) is 17.0 Å². The highest BCUT2D eigenvalue weighted by atomic mass is 16.6. The summed E-state index contributed by atoms with van der Waals surface area (Å²) in [7, 11) is 1.49. The molecule has 2 heterocycles. The molecule has 10 heteroatoms. The number of nitro benzene ring substituents is 1. The van der Waals surface area contributed by atoms with E-state index in [2.05, 4.69) is 4.90 Å². The Morgan fingerprint density at radius 1 is 1.14 bits per heavy atom. The predicted octanol–water partition coefficient (Wildman–Crippen LogP) is 2.75. The first-order chi connectivity index (χ1) is 16.9. The molecule has 0 saturated carbocycles. The average Bonchev–Trinajstić information content (AvgIpc) is 3.14. The number of nitrogens with zero attached hydrogens (tertiary/aromatic N) is 3. The monoisotopic (exact) mass is 481 g/mol. The van der Waals surface area contributed by atoms with Gasteiger partial charge in [-0.15, -0.1) is 0 Å². The molecular formula is C25H27N3O7. The fraction of sp³-hybridized carbons (Fsp3) is 0.360. The van der Waals surface area contributed by atoms with Gasteiger partial charge in [0.25, 0.3) is 17.4 Å². The highest BCUT2D eigenvalue weighted by Gasteiger charge is 2.46. The number of likely N-dealkylation sites (tertiary alicyclic amines) is 1. The Hall–Kier alpha value is -3.76. The second-order valence-corrected chi connectivity index (χ2v) is 8.38. The zero-order valence-electron chi connectivity index (χ0n) is 19.4. The number of carbonyl (C=O) groups excluding carboxylic acids is 2. The van der Waals surface area contributed by atoms with E-state index in [0.29, 0.717) is 43.1 Å². The van der Waals surface area contributed by atoms with Gasteiger partial charge in [-0.2, -0.15) is 0 Å². The third-order valence-electron chi connectivity index (χ3n) is 6.28. The summed E-state index contributed by atoms with van der Waals surface area (Å²) in [5.41, 5.74) is 0.683. The van der Waals surface area contributed by atoms with E-state index < -0.39 is 22.7 Å². The van der Waals surface area contributed by atoms with E-state index >= 15 is 0 Å². The molecule has 1 N–H and O–H groups in total. The number of aliphatic hydroxyl groups is 1. The lowest BCUT2D eigenvalue weighted by Crippen LogP contribution is -2.38. The number of benzene rings is 2. The number of amides is 1. The Morgan fingerprint density at radius 2 is 1.86 bits per heavy atom. The van der Waals surface area contributed by atoms with Crippen molar-refractivity contribution < 1.29 is 29.1 Å². The van der Waals surface area contributed by atoms with Gasteiger partial charge in [-0.25, -0.2) is 0 Å². The molecule has 0 unspecified atom stereocenters. The van der Waals surface area contributed by atoms with Gasteiger partial charge in [-0.1, -0.05) is 12.1 Å². The second-order valence-electron chi connectivity index (χ2n) is 8.38. The number of aliphatic hydroxyl groups excluding tert-OH is 1. The van der Waals surface area contributed by atoms with Crippen molar-refractivity contribution in [3.05, 3.63) is 75.3 Å². The van der Waals surface area contributed by atoms with Gasteiger partial charge >= 0.3 is 0 Å². The van der Waals surface area contributed by atoms with Gasteiger partial charge in [0.1, 0.15) is 11.5 Å². The lowest BCUT2D eigenvalue weighted by atomic mass is 9.95. The van der Waals surface area contributed by atoms with Crippen LogP contribution in [0.2, 0.25) is 0 Å². The number of non-ortho nitro benzene ring substituents is 1. The van der Waals surface area contributed by atoms with Gasteiger partial charge in [0.15, 0.2) is 0 Å². The van der Waals surface area contributed by atoms with E-state index in [1.807, 2.05) is 0 Å². The van der Waals surface area contributed by atoms with Crippen LogP contribution < -0.4 is 4.74 Å². The van der Waals surface area contributed by atoms with Crippen LogP contribution >= 0.6 is 0 Å². The minimum Gasteiger partial charge on any atom is -0.507 e. The number of hydrogen-bond acceptors (Lipinski definition) is 8. The van der Waals surface area contributed by atoms with Crippen LogP contribution in [0.4, 0.5) is 5.69 Å². The van der Waals surface area contributed by atoms with Gasteiger partial charge in [0, 0.05) is 43.9 Å². The van der Waals surface area contributed by atoms with Crippen LogP contribution in [0.3, 0.4) is 0 Å². The smallest absolute Gasteiger partial charge is 0.295 e. The molecule has 2 aliphatic heterocycles. The van der Waals surface area contributed by atoms with E-state index in [9.17, 15) is 24.8 Å². The van der Waals surface area contributed by atoms with Crippen LogP contribution in [0.5, 0.6) is 5.75 Å². The van der Waals surface area contributed by atoms with Crippen molar-refractivity contribution in [1.29, 1.82) is 0 Å². The number of ether oxygens (including phenoxy) is 2. The molecule has 2 aromatic carbocycles. The molecule has 0 aromatic heterocycles. The molecule has 1 amide bonds. The number of morpholine rings is 1. The number of hydrogen-bond donors (Lipinski definition) is 1. The fourth-order valence-corrected chi connectivity index (χ4v) is 4.45. The van der Waals surface area contributed by atoms with Crippen molar-refractivity contribution in [2.24, 2.45) is 0 Å². The van der Waals surface area contributed by atoms with Crippen molar-refractivity contribution in [2.45, 2.75) is 12.5 Å².